The molecule has 0 saturated heterocycles. The third-order valence-corrected chi connectivity index (χ3v) is 4.18. The van der Waals surface area contributed by atoms with E-state index in [9.17, 15) is 4.39 Å². The lowest BCUT2D eigenvalue weighted by Gasteiger charge is -2.23. The lowest BCUT2D eigenvalue weighted by molar-refractivity contribution is 0.623. The fourth-order valence-corrected chi connectivity index (χ4v) is 2.88. The number of rotatable bonds is 2. The van der Waals surface area contributed by atoms with Crippen LogP contribution in [0.5, 0.6) is 0 Å². The molecule has 0 amide bonds. The maximum atomic E-state index is 13.7. The number of nitrogens with zero attached hydrogens (tertiary/aromatic N) is 1. The van der Waals surface area contributed by atoms with Gasteiger partial charge in [-0.15, -0.1) is 0 Å². The van der Waals surface area contributed by atoms with Gasteiger partial charge in [0.1, 0.15) is 5.82 Å². The second kappa shape index (κ2) is 5.74. The molecule has 19 heavy (non-hydrogen) atoms. The molecule has 1 aliphatic carbocycles. The van der Waals surface area contributed by atoms with Crippen molar-refractivity contribution in [1.82, 2.24) is 0 Å². The van der Waals surface area contributed by atoms with E-state index in [2.05, 4.69) is 0 Å². The normalized spacial score (nSPS) is 19.5. The Morgan fingerprint density at radius 3 is 2.47 bits per heavy atom. The van der Waals surface area contributed by atoms with Gasteiger partial charge in [-0.1, -0.05) is 34.8 Å². The molecule has 5 heteroatoms. The minimum absolute atomic E-state index is 0.193. The van der Waals surface area contributed by atoms with Crippen LogP contribution in [0.25, 0.3) is 0 Å². The maximum absolute atomic E-state index is 13.7. The van der Waals surface area contributed by atoms with Crippen molar-refractivity contribution in [2.24, 2.45) is 0 Å². The van der Waals surface area contributed by atoms with Gasteiger partial charge >= 0.3 is 0 Å². The van der Waals surface area contributed by atoms with Crippen LogP contribution in [0.2, 0.25) is 0 Å². The predicted octanol–water partition coefficient (Wildman–Crippen LogP) is 5.19. The number of hydrogen-bond donors (Lipinski definition) is 0. The third kappa shape index (κ3) is 3.25. The van der Waals surface area contributed by atoms with E-state index >= 15 is 0 Å². The second-order valence-corrected chi connectivity index (χ2v) is 5.98. The highest BCUT2D eigenvalue weighted by Crippen LogP contribution is 2.42. The Kier molecular flexibility index (Phi) is 4.44. The Labute approximate surface area is 127 Å². The Bertz CT molecular complexity index is 564. The zero-order valence-corrected chi connectivity index (χ0v) is 12.8. The molecule has 102 valence electrons. The highest BCUT2D eigenvalue weighted by atomic mass is 35.5. The van der Waals surface area contributed by atoms with Crippen molar-refractivity contribution >= 4 is 40.5 Å². The largest absolute Gasteiger partial charge is 0.378 e. The van der Waals surface area contributed by atoms with Gasteiger partial charge in [0.25, 0.3) is 0 Å². The van der Waals surface area contributed by atoms with Gasteiger partial charge in [0.15, 0.2) is 0 Å². The van der Waals surface area contributed by atoms with E-state index in [1.54, 1.807) is 6.08 Å². The Hall–Kier alpha value is -0.700. The van der Waals surface area contributed by atoms with Crippen molar-refractivity contribution in [3.05, 3.63) is 50.8 Å². The first-order valence-electron chi connectivity index (χ1n) is 5.77. The predicted molar refractivity (Wildman–Crippen MR) is 80.8 cm³/mol. The van der Waals surface area contributed by atoms with E-state index in [0.717, 1.165) is 11.3 Å². The SMILES string of the molecule is CN(C)c1cc(F)cc(C2CC(Cl)=CC(Cl)=C2Cl)c1. The van der Waals surface area contributed by atoms with Gasteiger partial charge in [-0.25, -0.2) is 4.39 Å². The molecule has 1 aromatic rings. The molecule has 0 spiro atoms. The summed E-state index contributed by atoms with van der Waals surface area (Å²) >= 11 is 18.3. The van der Waals surface area contributed by atoms with Crippen LogP contribution in [0, 0.1) is 5.82 Å². The van der Waals surface area contributed by atoms with Crippen LogP contribution in [0.3, 0.4) is 0 Å². The minimum Gasteiger partial charge on any atom is -0.378 e. The number of halogens is 4. The van der Waals surface area contributed by atoms with E-state index in [1.165, 1.54) is 12.1 Å². The summed E-state index contributed by atoms with van der Waals surface area (Å²) in [7, 11) is 3.72. The van der Waals surface area contributed by atoms with E-state index in [1.807, 2.05) is 25.1 Å². The Morgan fingerprint density at radius 1 is 1.16 bits per heavy atom. The van der Waals surface area contributed by atoms with Crippen molar-refractivity contribution < 1.29 is 4.39 Å². The summed E-state index contributed by atoms with van der Waals surface area (Å²) in [6.45, 7) is 0. The zero-order chi connectivity index (χ0) is 14.2. The maximum Gasteiger partial charge on any atom is 0.125 e. The number of benzene rings is 1. The monoisotopic (exact) mass is 319 g/mol. The molecule has 1 unspecified atom stereocenters. The van der Waals surface area contributed by atoms with Gasteiger partial charge in [-0.05, 0) is 36.3 Å². The number of hydrogen-bond acceptors (Lipinski definition) is 1. The second-order valence-electron chi connectivity index (χ2n) is 4.68. The van der Waals surface area contributed by atoms with E-state index in [-0.39, 0.29) is 11.7 Å². The van der Waals surface area contributed by atoms with Gasteiger partial charge in [0.05, 0.1) is 5.03 Å². The van der Waals surface area contributed by atoms with Crippen LogP contribution in [0.4, 0.5) is 10.1 Å². The van der Waals surface area contributed by atoms with Gasteiger partial charge < -0.3 is 4.90 Å². The van der Waals surface area contributed by atoms with Crippen molar-refractivity contribution in [1.29, 1.82) is 0 Å². The summed E-state index contributed by atoms with van der Waals surface area (Å²) in [5.41, 5.74) is 1.55. The fourth-order valence-electron chi connectivity index (χ4n) is 2.04. The molecular formula is C14H13Cl3FN. The molecule has 0 N–H and O–H groups in total. The highest BCUT2D eigenvalue weighted by molar-refractivity contribution is 6.42. The molecule has 1 atom stereocenters. The molecule has 0 aliphatic heterocycles. The van der Waals surface area contributed by atoms with E-state index < -0.39 is 0 Å². The molecule has 0 bridgehead atoms. The van der Waals surface area contributed by atoms with Crippen molar-refractivity contribution in [2.75, 3.05) is 19.0 Å². The Balaban J connectivity index is 2.45. The molecule has 1 aromatic carbocycles. The summed E-state index contributed by atoms with van der Waals surface area (Å²) in [4.78, 5) is 1.84. The lowest BCUT2D eigenvalue weighted by atomic mass is 9.91. The van der Waals surface area contributed by atoms with Crippen molar-refractivity contribution in [3.8, 4) is 0 Å². The molecule has 1 aliphatic rings. The summed E-state index contributed by atoms with van der Waals surface area (Å²) in [5, 5.41) is 1.54. The van der Waals surface area contributed by atoms with Crippen LogP contribution in [0.1, 0.15) is 17.9 Å². The summed E-state index contributed by atoms with van der Waals surface area (Å²) in [6.07, 6.45) is 2.17. The third-order valence-electron chi connectivity index (χ3n) is 3.04. The molecule has 0 heterocycles. The van der Waals surface area contributed by atoms with E-state index in [4.69, 9.17) is 34.8 Å². The smallest absolute Gasteiger partial charge is 0.125 e. The zero-order valence-electron chi connectivity index (χ0n) is 10.6. The van der Waals surface area contributed by atoms with Gasteiger partial charge in [-0.2, -0.15) is 0 Å². The van der Waals surface area contributed by atoms with Crippen LogP contribution in [-0.2, 0) is 0 Å². The number of allylic oxidation sites excluding steroid dienone is 4. The van der Waals surface area contributed by atoms with Crippen LogP contribution in [0.15, 0.2) is 39.4 Å². The molecular weight excluding hydrogens is 308 g/mol. The average molecular weight is 321 g/mol. The Morgan fingerprint density at radius 2 is 1.84 bits per heavy atom. The van der Waals surface area contributed by atoms with Crippen LogP contribution < -0.4 is 4.90 Å². The molecule has 2 rings (SSSR count). The standard InChI is InChI=1S/C14H13Cl3FN/c1-19(2)11-4-8(3-10(18)7-11)12-5-9(15)6-13(16)14(12)17/h3-4,6-7,12H,5H2,1-2H3. The first kappa shape index (κ1) is 14.7. The van der Waals surface area contributed by atoms with Gasteiger partial charge in [-0.3, -0.25) is 0 Å². The average Bonchev–Trinajstić information content (AvgIpc) is 2.32. The number of anilines is 1. The quantitative estimate of drug-likeness (QED) is 0.724. The van der Waals surface area contributed by atoms with Crippen molar-refractivity contribution in [2.45, 2.75) is 12.3 Å². The molecule has 0 radical (unpaired) electrons. The van der Waals surface area contributed by atoms with Crippen LogP contribution in [-0.4, -0.2) is 14.1 Å². The summed E-state index contributed by atoms with van der Waals surface area (Å²) in [6, 6.07) is 4.85. The first-order chi connectivity index (χ1) is 8.88. The molecule has 0 aromatic heterocycles. The fraction of sp³-hybridized carbons (Fsp3) is 0.286. The molecule has 1 nitrogen and oxygen atoms in total. The first-order valence-corrected chi connectivity index (χ1v) is 6.91. The van der Waals surface area contributed by atoms with Crippen molar-refractivity contribution in [3.63, 3.8) is 0 Å². The molecule has 0 saturated carbocycles. The van der Waals surface area contributed by atoms with Gasteiger partial charge in [0, 0.05) is 35.8 Å². The van der Waals surface area contributed by atoms with Gasteiger partial charge in [0.2, 0.25) is 0 Å². The summed E-state index contributed by atoms with van der Waals surface area (Å²) < 4.78 is 13.7. The highest BCUT2D eigenvalue weighted by Gasteiger charge is 2.24. The topological polar surface area (TPSA) is 3.24 Å². The lowest BCUT2D eigenvalue weighted by Crippen LogP contribution is -2.11. The summed E-state index contributed by atoms with van der Waals surface area (Å²) in [5.74, 6) is -0.492. The molecule has 0 fully saturated rings. The van der Waals surface area contributed by atoms with E-state index in [0.29, 0.717) is 21.5 Å². The van der Waals surface area contributed by atoms with Crippen LogP contribution >= 0.6 is 34.8 Å². The minimum atomic E-state index is -0.299.